The summed E-state index contributed by atoms with van der Waals surface area (Å²) in [4.78, 5) is 0.725. The van der Waals surface area contributed by atoms with Crippen molar-refractivity contribution in [3.8, 4) is 0 Å². The number of rotatable bonds is 4. The third-order valence-corrected chi connectivity index (χ3v) is 3.91. The third-order valence-electron chi connectivity index (χ3n) is 2.72. The molecule has 2 nitrogen and oxygen atoms in total. The van der Waals surface area contributed by atoms with Crippen LogP contribution in [0.25, 0.3) is 0 Å². The number of nitrogens with one attached hydrogen (secondary N) is 1. The summed E-state index contributed by atoms with van der Waals surface area (Å²) in [5.41, 5.74) is 1.03. The van der Waals surface area contributed by atoms with Gasteiger partial charge in [0.25, 0.3) is 0 Å². The fraction of sp³-hybridized carbons (Fsp3) is 0.571. The van der Waals surface area contributed by atoms with Crippen molar-refractivity contribution in [3.05, 3.63) is 29.6 Å². The largest absolute Gasteiger partial charge is 0.379 e. The average Bonchev–Trinajstić information content (AvgIpc) is 2.21. The maximum Gasteiger partial charge on any atom is 0.137 e. The Balaban J connectivity index is 1.95. The van der Waals surface area contributed by atoms with E-state index in [-0.39, 0.29) is 11.4 Å². The molecule has 0 unspecified atom stereocenters. The van der Waals surface area contributed by atoms with E-state index in [0.717, 1.165) is 23.7 Å². The number of halogens is 1. The van der Waals surface area contributed by atoms with Gasteiger partial charge in [-0.1, -0.05) is 6.07 Å². The van der Waals surface area contributed by atoms with Crippen LogP contribution in [0.5, 0.6) is 0 Å². The summed E-state index contributed by atoms with van der Waals surface area (Å²) in [5.74, 6) is -0.125. The number of thioether (sulfide) groups is 1. The normalized spacial score (nSPS) is 16.7. The van der Waals surface area contributed by atoms with Crippen LogP contribution in [0.1, 0.15) is 26.3 Å². The van der Waals surface area contributed by atoms with Gasteiger partial charge in [-0.2, -0.15) is 0 Å². The van der Waals surface area contributed by atoms with Crippen molar-refractivity contribution >= 4 is 11.8 Å². The molecule has 0 amide bonds. The van der Waals surface area contributed by atoms with Gasteiger partial charge >= 0.3 is 0 Å². The molecule has 1 saturated heterocycles. The van der Waals surface area contributed by atoms with Crippen LogP contribution in [0.4, 0.5) is 4.39 Å². The molecule has 1 heterocycles. The Morgan fingerprint density at radius 1 is 1.39 bits per heavy atom. The molecule has 0 saturated carbocycles. The Kier molecular flexibility index (Phi) is 4.30. The smallest absolute Gasteiger partial charge is 0.137 e. The molecule has 18 heavy (non-hydrogen) atoms. The lowest BCUT2D eigenvalue weighted by molar-refractivity contribution is 0.0455. The minimum absolute atomic E-state index is 0.0488. The molecule has 0 atom stereocenters. The van der Waals surface area contributed by atoms with E-state index in [1.807, 2.05) is 12.1 Å². The number of ether oxygens (including phenoxy) is 1. The summed E-state index contributed by atoms with van der Waals surface area (Å²) in [6, 6.07) is 5.49. The molecular formula is C14H20FNOS. The molecule has 4 heteroatoms. The third kappa shape index (κ3) is 3.97. The van der Waals surface area contributed by atoms with Crippen LogP contribution in [-0.4, -0.2) is 24.0 Å². The summed E-state index contributed by atoms with van der Waals surface area (Å²) in [7, 11) is 0. The Morgan fingerprint density at radius 3 is 2.61 bits per heavy atom. The topological polar surface area (TPSA) is 21.3 Å². The second-order valence-electron chi connectivity index (χ2n) is 5.65. The van der Waals surface area contributed by atoms with E-state index >= 15 is 0 Å². The molecule has 100 valence electrons. The molecule has 0 radical (unpaired) electrons. The molecule has 1 aliphatic heterocycles. The zero-order valence-electron chi connectivity index (χ0n) is 11.1. The second kappa shape index (κ2) is 5.59. The van der Waals surface area contributed by atoms with E-state index in [4.69, 9.17) is 4.74 Å². The van der Waals surface area contributed by atoms with Crippen molar-refractivity contribution in [2.75, 3.05) is 13.2 Å². The molecule has 0 aliphatic carbocycles. The Labute approximate surface area is 112 Å². The summed E-state index contributed by atoms with van der Waals surface area (Å²) >= 11 is 1.57. The molecule has 1 aliphatic rings. The highest BCUT2D eigenvalue weighted by molar-refractivity contribution is 8.00. The van der Waals surface area contributed by atoms with E-state index in [2.05, 4.69) is 26.1 Å². The van der Waals surface area contributed by atoms with Crippen LogP contribution in [0, 0.1) is 5.82 Å². The lowest BCUT2D eigenvalue weighted by Crippen LogP contribution is -2.35. The minimum atomic E-state index is -0.125. The molecule has 1 aromatic carbocycles. The predicted octanol–water partition coefficient (Wildman–Crippen LogP) is 3.20. The zero-order chi connectivity index (χ0) is 13.2. The molecule has 0 aromatic heterocycles. The van der Waals surface area contributed by atoms with Gasteiger partial charge in [0.15, 0.2) is 0 Å². The highest BCUT2D eigenvalue weighted by Crippen LogP contribution is 2.30. The number of hydrogen-bond acceptors (Lipinski definition) is 3. The molecule has 2 rings (SSSR count). The monoisotopic (exact) mass is 269 g/mol. The van der Waals surface area contributed by atoms with Gasteiger partial charge in [-0.05, 0) is 38.5 Å². The standard InChI is InChI=1S/C14H20FNOS/c1-14(2,3)16-7-10-4-5-13(12(15)6-10)18-11-8-17-9-11/h4-6,11,16H,7-9H2,1-3H3. The highest BCUT2D eigenvalue weighted by atomic mass is 32.2. The fourth-order valence-electron chi connectivity index (χ4n) is 1.58. The first-order chi connectivity index (χ1) is 8.44. The van der Waals surface area contributed by atoms with Crippen molar-refractivity contribution < 1.29 is 9.13 Å². The van der Waals surface area contributed by atoms with E-state index < -0.39 is 0 Å². The van der Waals surface area contributed by atoms with Crippen LogP contribution < -0.4 is 5.32 Å². The summed E-state index contributed by atoms with van der Waals surface area (Å²) in [6.07, 6.45) is 0. The van der Waals surface area contributed by atoms with Crippen LogP contribution in [0.15, 0.2) is 23.1 Å². The first-order valence-electron chi connectivity index (χ1n) is 6.22. The number of benzene rings is 1. The van der Waals surface area contributed by atoms with Crippen molar-refractivity contribution in [2.24, 2.45) is 0 Å². The van der Waals surface area contributed by atoms with Gasteiger partial charge < -0.3 is 10.1 Å². The summed E-state index contributed by atoms with van der Waals surface area (Å²) in [5, 5.41) is 3.77. The first kappa shape index (κ1) is 13.8. The van der Waals surface area contributed by atoms with Gasteiger partial charge in [0.2, 0.25) is 0 Å². The molecule has 1 N–H and O–H groups in total. The maximum absolute atomic E-state index is 13.9. The van der Waals surface area contributed by atoms with Crippen molar-refractivity contribution in [3.63, 3.8) is 0 Å². The van der Waals surface area contributed by atoms with E-state index in [1.54, 1.807) is 17.8 Å². The minimum Gasteiger partial charge on any atom is -0.379 e. The SMILES string of the molecule is CC(C)(C)NCc1ccc(SC2COC2)c(F)c1. The maximum atomic E-state index is 13.9. The number of hydrogen-bond donors (Lipinski definition) is 1. The molecule has 1 aromatic rings. The molecule has 0 spiro atoms. The quantitative estimate of drug-likeness (QED) is 0.907. The second-order valence-corrected chi connectivity index (χ2v) is 6.99. The van der Waals surface area contributed by atoms with E-state index in [9.17, 15) is 4.39 Å². The lowest BCUT2D eigenvalue weighted by Gasteiger charge is -2.25. The van der Waals surface area contributed by atoms with Crippen molar-refractivity contribution in [1.29, 1.82) is 0 Å². The highest BCUT2D eigenvalue weighted by Gasteiger charge is 2.21. The summed E-state index contributed by atoms with van der Waals surface area (Å²) in [6.45, 7) is 8.46. The van der Waals surface area contributed by atoms with Gasteiger partial charge in [-0.25, -0.2) is 4.39 Å². The van der Waals surface area contributed by atoms with Gasteiger partial charge in [-0.15, -0.1) is 11.8 Å². The van der Waals surface area contributed by atoms with Crippen LogP contribution in [-0.2, 0) is 11.3 Å². The van der Waals surface area contributed by atoms with Gasteiger partial charge in [0, 0.05) is 17.0 Å². The Hall–Kier alpha value is -0.580. The van der Waals surface area contributed by atoms with Gasteiger partial charge in [0.05, 0.1) is 18.5 Å². The first-order valence-corrected chi connectivity index (χ1v) is 7.10. The van der Waals surface area contributed by atoms with Gasteiger partial charge in [-0.3, -0.25) is 0 Å². The van der Waals surface area contributed by atoms with Gasteiger partial charge in [0.1, 0.15) is 5.82 Å². The average molecular weight is 269 g/mol. The van der Waals surface area contributed by atoms with Crippen LogP contribution in [0.2, 0.25) is 0 Å². The fourth-order valence-corrected chi connectivity index (χ4v) is 2.58. The Bertz CT molecular complexity index is 413. The molecule has 0 bridgehead atoms. The lowest BCUT2D eigenvalue weighted by atomic mass is 10.1. The summed E-state index contributed by atoms with van der Waals surface area (Å²) < 4.78 is 19.0. The van der Waals surface area contributed by atoms with Crippen molar-refractivity contribution in [2.45, 2.75) is 43.0 Å². The van der Waals surface area contributed by atoms with Crippen LogP contribution >= 0.6 is 11.8 Å². The van der Waals surface area contributed by atoms with E-state index in [1.165, 1.54) is 0 Å². The van der Waals surface area contributed by atoms with Crippen LogP contribution in [0.3, 0.4) is 0 Å². The van der Waals surface area contributed by atoms with Crippen molar-refractivity contribution in [1.82, 2.24) is 5.32 Å². The van der Waals surface area contributed by atoms with E-state index in [0.29, 0.717) is 11.8 Å². The molecular weight excluding hydrogens is 249 g/mol. The molecule has 1 fully saturated rings. The predicted molar refractivity (Wildman–Crippen MR) is 73.5 cm³/mol. The zero-order valence-corrected chi connectivity index (χ0v) is 11.9. The Morgan fingerprint density at radius 2 is 2.11 bits per heavy atom.